The highest BCUT2D eigenvalue weighted by atomic mass is 19.1. The average Bonchev–Trinajstić information content (AvgIpc) is 3.52. The number of benzene rings is 2. The third-order valence-corrected chi connectivity index (χ3v) is 10.5. The normalized spacial score (nSPS) is 20.0. The van der Waals surface area contributed by atoms with Gasteiger partial charge in [0.2, 0.25) is 0 Å². The standard InChI is InChI=1S/C38H49FN6O4/c1-25(2)45(26(3)4)36(46)31-18-30(39)10-11-32(31)48-33-19-41-24-42-35(33)44-17-14-27(21-44)20-43-22-38(23-43)15-12-29(13-16-38)34(49-37(40)47)28-8-6-5-7-9-28/h5-11,18-19,24-27,29,34H,12-17,20-23H2,1-4H3,(H2,40,47)/t27?,34-/m1/s1. The molecule has 10 nitrogen and oxygen atoms in total. The van der Waals surface area contributed by atoms with Crippen LogP contribution in [0.25, 0.3) is 0 Å². The molecule has 262 valence electrons. The van der Waals surface area contributed by atoms with Crippen molar-refractivity contribution in [1.29, 1.82) is 0 Å². The maximum absolute atomic E-state index is 14.4. The monoisotopic (exact) mass is 672 g/mol. The zero-order valence-electron chi connectivity index (χ0n) is 29.1. The molecule has 3 aromatic rings. The molecular formula is C38H49FN6O4. The van der Waals surface area contributed by atoms with E-state index in [1.54, 1.807) is 11.1 Å². The Hall–Kier alpha value is -4.25. The van der Waals surface area contributed by atoms with Gasteiger partial charge in [-0.2, -0.15) is 0 Å². The zero-order chi connectivity index (χ0) is 34.7. The molecule has 2 aliphatic heterocycles. The molecule has 49 heavy (non-hydrogen) atoms. The van der Waals surface area contributed by atoms with Gasteiger partial charge in [-0.25, -0.2) is 19.2 Å². The van der Waals surface area contributed by atoms with E-state index in [4.69, 9.17) is 15.2 Å². The number of carbonyl (C=O) groups excluding carboxylic acids is 2. The summed E-state index contributed by atoms with van der Waals surface area (Å²) in [5.74, 6) is 1.38. The fourth-order valence-electron chi connectivity index (χ4n) is 8.35. The van der Waals surface area contributed by atoms with E-state index >= 15 is 0 Å². The molecule has 1 aromatic heterocycles. The van der Waals surface area contributed by atoms with Gasteiger partial charge in [0.1, 0.15) is 24.0 Å². The van der Waals surface area contributed by atoms with Gasteiger partial charge >= 0.3 is 6.09 Å². The van der Waals surface area contributed by atoms with Gasteiger partial charge in [-0.15, -0.1) is 0 Å². The number of amides is 2. The molecule has 1 saturated carbocycles. The first-order valence-corrected chi connectivity index (χ1v) is 17.6. The number of nitrogens with zero attached hydrogens (tertiary/aromatic N) is 5. The second-order valence-corrected chi connectivity index (χ2v) is 14.7. The lowest BCUT2D eigenvalue weighted by atomic mass is 9.64. The molecule has 0 bridgehead atoms. The second kappa shape index (κ2) is 14.7. The van der Waals surface area contributed by atoms with E-state index in [2.05, 4.69) is 19.8 Å². The molecule has 0 radical (unpaired) electrons. The van der Waals surface area contributed by atoms with Crippen LogP contribution in [0.1, 0.15) is 81.8 Å². The smallest absolute Gasteiger partial charge is 0.405 e. The Morgan fingerprint density at radius 2 is 1.73 bits per heavy atom. The third kappa shape index (κ3) is 7.82. The SMILES string of the molecule is CC(C)N(C(=O)c1cc(F)ccc1Oc1cncnc1N1CCC(CN2CC3(CCC([C@H](OC(N)=O)c4ccccc4)CC3)C2)C1)C(C)C. The van der Waals surface area contributed by atoms with Crippen LogP contribution in [0.5, 0.6) is 11.5 Å². The van der Waals surface area contributed by atoms with E-state index in [1.807, 2.05) is 58.0 Å². The van der Waals surface area contributed by atoms with Crippen molar-refractivity contribution >= 4 is 17.8 Å². The van der Waals surface area contributed by atoms with Crippen molar-refractivity contribution < 1.29 is 23.5 Å². The van der Waals surface area contributed by atoms with Crippen LogP contribution in [-0.2, 0) is 4.74 Å². The lowest BCUT2D eigenvalue weighted by molar-refractivity contribution is -0.0597. The summed E-state index contributed by atoms with van der Waals surface area (Å²) in [6.07, 6.45) is 7.43. The van der Waals surface area contributed by atoms with Gasteiger partial charge in [-0.3, -0.25) is 4.79 Å². The van der Waals surface area contributed by atoms with Gasteiger partial charge in [0.25, 0.3) is 5.91 Å². The fourth-order valence-corrected chi connectivity index (χ4v) is 8.35. The first kappa shape index (κ1) is 34.6. The Morgan fingerprint density at radius 1 is 1.02 bits per heavy atom. The molecule has 3 heterocycles. The number of aromatic nitrogens is 2. The summed E-state index contributed by atoms with van der Waals surface area (Å²) in [5, 5.41) is 0. The molecule has 2 saturated heterocycles. The van der Waals surface area contributed by atoms with Crippen LogP contribution in [0.2, 0.25) is 0 Å². The van der Waals surface area contributed by atoms with Crippen LogP contribution in [0.15, 0.2) is 61.1 Å². The van der Waals surface area contributed by atoms with E-state index < -0.39 is 11.9 Å². The number of ether oxygens (including phenoxy) is 2. The first-order valence-electron chi connectivity index (χ1n) is 17.6. The number of likely N-dealkylation sites (tertiary alicyclic amines) is 1. The molecule has 2 N–H and O–H groups in total. The topological polar surface area (TPSA) is 114 Å². The second-order valence-electron chi connectivity index (χ2n) is 14.7. The maximum Gasteiger partial charge on any atom is 0.405 e. The zero-order valence-corrected chi connectivity index (χ0v) is 29.1. The van der Waals surface area contributed by atoms with Crippen LogP contribution in [0.4, 0.5) is 15.0 Å². The Morgan fingerprint density at radius 3 is 2.41 bits per heavy atom. The molecule has 1 unspecified atom stereocenters. The van der Waals surface area contributed by atoms with Gasteiger partial charge in [0.05, 0.1) is 11.8 Å². The molecule has 3 aliphatic rings. The molecule has 2 amide bonds. The fraction of sp³-hybridized carbons (Fsp3) is 0.526. The van der Waals surface area contributed by atoms with Crippen LogP contribution < -0.4 is 15.4 Å². The molecule has 2 aromatic carbocycles. The minimum Gasteiger partial charge on any atom is -0.451 e. The van der Waals surface area contributed by atoms with Gasteiger partial charge in [0.15, 0.2) is 11.6 Å². The molecule has 6 rings (SSSR count). The predicted octanol–water partition coefficient (Wildman–Crippen LogP) is 6.82. The predicted molar refractivity (Wildman–Crippen MR) is 186 cm³/mol. The highest BCUT2D eigenvalue weighted by Gasteiger charge is 2.47. The highest BCUT2D eigenvalue weighted by molar-refractivity contribution is 5.97. The van der Waals surface area contributed by atoms with E-state index in [0.717, 1.165) is 70.4 Å². The van der Waals surface area contributed by atoms with Crippen molar-refractivity contribution in [2.24, 2.45) is 23.0 Å². The summed E-state index contributed by atoms with van der Waals surface area (Å²) in [4.78, 5) is 40.6. The van der Waals surface area contributed by atoms with Gasteiger partial charge in [-0.05, 0) is 94.9 Å². The van der Waals surface area contributed by atoms with Crippen LogP contribution >= 0.6 is 0 Å². The lowest BCUT2D eigenvalue weighted by Gasteiger charge is -2.54. The summed E-state index contributed by atoms with van der Waals surface area (Å²) in [6, 6.07) is 13.9. The summed E-state index contributed by atoms with van der Waals surface area (Å²) >= 11 is 0. The molecular weight excluding hydrogens is 623 g/mol. The molecule has 3 fully saturated rings. The molecule has 1 aliphatic carbocycles. The third-order valence-electron chi connectivity index (χ3n) is 10.5. The minimum atomic E-state index is -0.717. The largest absolute Gasteiger partial charge is 0.451 e. The molecule has 1 spiro atoms. The molecule has 2 atom stereocenters. The van der Waals surface area contributed by atoms with Gasteiger partial charge in [0, 0.05) is 50.7 Å². The van der Waals surface area contributed by atoms with E-state index in [-0.39, 0.29) is 41.3 Å². The van der Waals surface area contributed by atoms with Crippen molar-refractivity contribution in [2.75, 3.05) is 37.6 Å². The summed E-state index contributed by atoms with van der Waals surface area (Å²) in [7, 11) is 0. The van der Waals surface area contributed by atoms with Crippen molar-refractivity contribution in [1.82, 2.24) is 19.8 Å². The van der Waals surface area contributed by atoms with Crippen molar-refractivity contribution in [3.63, 3.8) is 0 Å². The summed E-state index contributed by atoms with van der Waals surface area (Å²) in [6.45, 7) is 12.7. The van der Waals surface area contributed by atoms with Crippen molar-refractivity contribution in [2.45, 2.75) is 78.0 Å². The van der Waals surface area contributed by atoms with Crippen LogP contribution in [0.3, 0.4) is 0 Å². The number of anilines is 1. The van der Waals surface area contributed by atoms with Crippen molar-refractivity contribution in [3.8, 4) is 11.5 Å². The number of halogens is 1. The van der Waals surface area contributed by atoms with Gasteiger partial charge in [-0.1, -0.05) is 30.3 Å². The number of primary amides is 1. The first-order chi connectivity index (χ1) is 23.5. The summed E-state index contributed by atoms with van der Waals surface area (Å²) < 4.78 is 26.3. The van der Waals surface area contributed by atoms with E-state index in [0.29, 0.717) is 22.9 Å². The Kier molecular flexibility index (Phi) is 10.4. The quantitative estimate of drug-likeness (QED) is 0.236. The van der Waals surface area contributed by atoms with E-state index in [1.165, 1.54) is 24.5 Å². The number of nitrogens with two attached hydrogens (primary N) is 1. The number of rotatable bonds is 11. The van der Waals surface area contributed by atoms with Crippen LogP contribution in [0, 0.1) is 23.1 Å². The highest BCUT2D eigenvalue weighted by Crippen LogP contribution is 2.49. The number of carbonyl (C=O) groups is 2. The lowest BCUT2D eigenvalue weighted by Crippen LogP contribution is -2.58. The summed E-state index contributed by atoms with van der Waals surface area (Å²) in [5.41, 5.74) is 6.97. The minimum absolute atomic E-state index is 0.0630. The van der Waals surface area contributed by atoms with Crippen LogP contribution in [-0.4, -0.2) is 76.6 Å². The Labute approximate surface area is 288 Å². The average molecular weight is 673 g/mol. The Bertz CT molecular complexity index is 1600. The maximum atomic E-state index is 14.4. The number of hydrogen-bond donors (Lipinski definition) is 1. The Balaban J connectivity index is 1.05. The molecule has 11 heteroatoms. The van der Waals surface area contributed by atoms with E-state index in [9.17, 15) is 14.0 Å². The number of hydrogen-bond acceptors (Lipinski definition) is 8. The van der Waals surface area contributed by atoms with Gasteiger partial charge < -0.3 is 29.9 Å². The van der Waals surface area contributed by atoms with Crippen molar-refractivity contribution in [3.05, 3.63) is 78.0 Å².